The predicted molar refractivity (Wildman–Crippen MR) is 28.4 cm³/mol. The normalized spacial score (nSPS) is 34.3. The van der Waals surface area contributed by atoms with Crippen LogP contribution >= 0.6 is 0 Å². The van der Waals surface area contributed by atoms with Crippen LogP contribution in [0.25, 0.3) is 0 Å². The SMILES string of the molecule is NC1COCC(F)(F)C1. The van der Waals surface area contributed by atoms with Crippen LogP contribution < -0.4 is 5.73 Å². The zero-order valence-corrected chi connectivity index (χ0v) is 4.94. The van der Waals surface area contributed by atoms with Crippen LogP contribution in [0.4, 0.5) is 8.78 Å². The van der Waals surface area contributed by atoms with Crippen LogP contribution in [-0.2, 0) is 4.74 Å². The Hall–Kier alpha value is -0.220. The minimum absolute atomic E-state index is 0.243. The van der Waals surface area contributed by atoms with Gasteiger partial charge in [-0.05, 0) is 0 Å². The Morgan fingerprint density at radius 2 is 2.22 bits per heavy atom. The number of hydrogen-bond acceptors (Lipinski definition) is 2. The van der Waals surface area contributed by atoms with Gasteiger partial charge in [-0.25, -0.2) is 8.78 Å². The van der Waals surface area contributed by atoms with Crippen molar-refractivity contribution in [2.24, 2.45) is 5.73 Å². The van der Waals surface area contributed by atoms with Crippen LogP contribution in [0.1, 0.15) is 6.42 Å². The number of ether oxygens (including phenoxy) is 1. The van der Waals surface area contributed by atoms with Crippen LogP contribution in [0.2, 0.25) is 0 Å². The van der Waals surface area contributed by atoms with Gasteiger partial charge in [-0.3, -0.25) is 0 Å². The van der Waals surface area contributed by atoms with Crippen LogP contribution in [-0.4, -0.2) is 25.2 Å². The van der Waals surface area contributed by atoms with Gasteiger partial charge in [-0.2, -0.15) is 0 Å². The van der Waals surface area contributed by atoms with Gasteiger partial charge in [-0.1, -0.05) is 0 Å². The monoisotopic (exact) mass is 137 g/mol. The molecule has 1 atom stereocenters. The molecular formula is C5H9F2NO. The topological polar surface area (TPSA) is 35.2 Å². The predicted octanol–water partition coefficient (Wildman–Crippen LogP) is 0.369. The molecule has 1 fully saturated rings. The van der Waals surface area contributed by atoms with E-state index in [0.717, 1.165) is 0 Å². The first-order valence-electron chi connectivity index (χ1n) is 2.81. The molecule has 2 N–H and O–H groups in total. The molecule has 0 aromatic heterocycles. The van der Waals surface area contributed by atoms with E-state index in [1.165, 1.54) is 0 Å². The number of alkyl halides is 2. The zero-order valence-electron chi connectivity index (χ0n) is 4.94. The van der Waals surface area contributed by atoms with Crippen molar-refractivity contribution in [2.75, 3.05) is 13.2 Å². The summed E-state index contributed by atoms with van der Waals surface area (Å²) in [7, 11) is 0. The lowest BCUT2D eigenvalue weighted by Gasteiger charge is -2.26. The maximum atomic E-state index is 12.2. The second kappa shape index (κ2) is 2.19. The Balaban J connectivity index is 2.41. The molecule has 0 spiro atoms. The molecule has 4 heteroatoms. The third-order valence-electron chi connectivity index (χ3n) is 1.21. The molecule has 9 heavy (non-hydrogen) atoms. The fourth-order valence-corrected chi connectivity index (χ4v) is 0.861. The van der Waals surface area contributed by atoms with Crippen LogP contribution in [0, 0.1) is 0 Å². The van der Waals surface area contributed by atoms with Crippen molar-refractivity contribution in [2.45, 2.75) is 18.4 Å². The average Bonchev–Trinajstić information content (AvgIpc) is 1.60. The minimum Gasteiger partial charge on any atom is -0.374 e. The maximum Gasteiger partial charge on any atom is 0.272 e. The third kappa shape index (κ3) is 1.87. The van der Waals surface area contributed by atoms with E-state index in [-0.39, 0.29) is 13.0 Å². The summed E-state index contributed by atoms with van der Waals surface area (Å²) in [5, 5.41) is 0. The molecule has 1 aliphatic rings. The molecule has 1 heterocycles. The van der Waals surface area contributed by atoms with Crippen molar-refractivity contribution in [3.8, 4) is 0 Å². The summed E-state index contributed by atoms with van der Waals surface area (Å²) < 4.78 is 29.0. The summed E-state index contributed by atoms with van der Waals surface area (Å²) in [6.07, 6.45) is -0.243. The van der Waals surface area contributed by atoms with Crippen molar-refractivity contribution in [1.29, 1.82) is 0 Å². The standard InChI is InChI=1S/C5H9F2NO/c6-5(7)1-4(8)2-9-3-5/h4H,1-3,8H2. The first-order valence-corrected chi connectivity index (χ1v) is 2.81. The molecular weight excluding hydrogens is 128 g/mol. The van der Waals surface area contributed by atoms with Crippen molar-refractivity contribution in [3.05, 3.63) is 0 Å². The van der Waals surface area contributed by atoms with Gasteiger partial charge in [0.05, 0.1) is 6.61 Å². The van der Waals surface area contributed by atoms with Gasteiger partial charge < -0.3 is 10.5 Å². The van der Waals surface area contributed by atoms with Gasteiger partial charge in [0, 0.05) is 12.5 Å². The lowest BCUT2D eigenvalue weighted by molar-refractivity contribution is -0.120. The van der Waals surface area contributed by atoms with E-state index in [1.807, 2.05) is 0 Å². The first kappa shape index (κ1) is 6.89. The van der Waals surface area contributed by atoms with Gasteiger partial charge in [0.2, 0.25) is 0 Å². The lowest BCUT2D eigenvalue weighted by Crippen LogP contribution is -2.42. The molecule has 0 saturated carbocycles. The molecule has 1 aliphatic heterocycles. The van der Waals surface area contributed by atoms with Gasteiger partial charge in [0.15, 0.2) is 0 Å². The molecule has 54 valence electrons. The van der Waals surface area contributed by atoms with E-state index in [0.29, 0.717) is 0 Å². The number of hydrogen-bond donors (Lipinski definition) is 1. The van der Waals surface area contributed by atoms with Crippen molar-refractivity contribution >= 4 is 0 Å². The Morgan fingerprint density at radius 1 is 1.56 bits per heavy atom. The molecule has 0 bridgehead atoms. The van der Waals surface area contributed by atoms with Crippen molar-refractivity contribution in [3.63, 3.8) is 0 Å². The van der Waals surface area contributed by atoms with E-state index in [9.17, 15) is 8.78 Å². The molecule has 1 saturated heterocycles. The van der Waals surface area contributed by atoms with E-state index >= 15 is 0 Å². The molecule has 2 nitrogen and oxygen atoms in total. The second-order valence-electron chi connectivity index (χ2n) is 2.34. The van der Waals surface area contributed by atoms with E-state index in [1.54, 1.807) is 0 Å². The van der Waals surface area contributed by atoms with E-state index in [2.05, 4.69) is 4.74 Å². The van der Waals surface area contributed by atoms with Crippen LogP contribution in [0.3, 0.4) is 0 Å². The summed E-state index contributed by atoms with van der Waals surface area (Å²) in [5.41, 5.74) is 5.21. The summed E-state index contributed by atoms with van der Waals surface area (Å²) >= 11 is 0. The molecule has 0 amide bonds. The lowest BCUT2D eigenvalue weighted by atomic mass is 10.1. The molecule has 0 aromatic rings. The van der Waals surface area contributed by atoms with Gasteiger partial charge in [-0.15, -0.1) is 0 Å². The maximum absolute atomic E-state index is 12.2. The quantitative estimate of drug-likeness (QED) is 0.523. The largest absolute Gasteiger partial charge is 0.374 e. The van der Waals surface area contributed by atoms with Crippen molar-refractivity contribution < 1.29 is 13.5 Å². The van der Waals surface area contributed by atoms with Crippen LogP contribution in [0.15, 0.2) is 0 Å². The number of rotatable bonds is 0. The van der Waals surface area contributed by atoms with Crippen LogP contribution in [0.5, 0.6) is 0 Å². The highest BCUT2D eigenvalue weighted by molar-refractivity contribution is 4.77. The number of nitrogens with two attached hydrogens (primary N) is 1. The van der Waals surface area contributed by atoms with Gasteiger partial charge in [0.1, 0.15) is 6.61 Å². The fraction of sp³-hybridized carbons (Fsp3) is 1.00. The Labute approximate surface area is 52.0 Å². The molecule has 1 unspecified atom stereocenters. The van der Waals surface area contributed by atoms with Gasteiger partial charge in [0.25, 0.3) is 5.92 Å². The number of halogens is 2. The molecule has 0 aliphatic carbocycles. The van der Waals surface area contributed by atoms with Crippen molar-refractivity contribution in [1.82, 2.24) is 0 Å². The first-order chi connectivity index (χ1) is 4.10. The Bertz CT molecular complexity index is 107. The third-order valence-corrected chi connectivity index (χ3v) is 1.21. The molecule has 0 aromatic carbocycles. The van der Waals surface area contributed by atoms with E-state index in [4.69, 9.17) is 5.73 Å². The highest BCUT2D eigenvalue weighted by Crippen LogP contribution is 2.23. The zero-order chi connectivity index (χ0) is 6.91. The molecule has 0 radical (unpaired) electrons. The summed E-state index contributed by atoms with van der Waals surface area (Å²) in [4.78, 5) is 0. The van der Waals surface area contributed by atoms with E-state index < -0.39 is 18.6 Å². The summed E-state index contributed by atoms with van der Waals surface area (Å²) in [6.45, 7) is -0.212. The van der Waals surface area contributed by atoms with Gasteiger partial charge >= 0.3 is 0 Å². The fourth-order valence-electron chi connectivity index (χ4n) is 0.861. The molecule has 1 rings (SSSR count). The summed E-state index contributed by atoms with van der Waals surface area (Å²) in [6, 6.07) is -0.492. The second-order valence-corrected chi connectivity index (χ2v) is 2.34. The Morgan fingerprint density at radius 3 is 2.56 bits per heavy atom. The minimum atomic E-state index is -2.70. The summed E-state index contributed by atoms with van der Waals surface area (Å²) in [5.74, 6) is -2.70. The smallest absolute Gasteiger partial charge is 0.272 e. The highest BCUT2D eigenvalue weighted by atomic mass is 19.3. The highest BCUT2D eigenvalue weighted by Gasteiger charge is 2.35. The average molecular weight is 137 g/mol. The Kier molecular flexibility index (Phi) is 1.68.